The highest BCUT2D eigenvalue weighted by Gasteiger charge is 2.21. The number of benzene rings is 1. The molecule has 1 aromatic rings. The highest BCUT2D eigenvalue weighted by Crippen LogP contribution is 2.16. The maximum Gasteiger partial charge on any atom is 0.260 e. The van der Waals surface area contributed by atoms with Crippen LogP contribution in [-0.4, -0.2) is 36.8 Å². The Morgan fingerprint density at radius 2 is 2.37 bits per heavy atom. The van der Waals surface area contributed by atoms with Gasteiger partial charge in [0.1, 0.15) is 12.0 Å². The molecule has 4 nitrogen and oxygen atoms in total. The Morgan fingerprint density at radius 1 is 1.53 bits per heavy atom. The monoisotopic (exact) mass is 261 g/mol. The molecule has 0 aliphatic carbocycles. The molecule has 0 radical (unpaired) electrons. The lowest BCUT2D eigenvalue weighted by atomic mass is 10.0. The van der Waals surface area contributed by atoms with Crippen LogP contribution >= 0.6 is 0 Å². The van der Waals surface area contributed by atoms with Gasteiger partial charge in [-0.2, -0.15) is 0 Å². The predicted molar refractivity (Wildman–Crippen MR) is 72.3 cm³/mol. The van der Waals surface area contributed by atoms with Crippen LogP contribution in [0.4, 0.5) is 0 Å². The zero-order valence-electron chi connectivity index (χ0n) is 11.2. The summed E-state index contributed by atoms with van der Waals surface area (Å²) in [4.78, 5) is 24.5. The lowest BCUT2D eigenvalue weighted by Gasteiger charge is -2.30. The van der Waals surface area contributed by atoms with Crippen LogP contribution in [0, 0.1) is 5.92 Å². The number of hydrogen-bond acceptors (Lipinski definition) is 3. The van der Waals surface area contributed by atoms with Crippen molar-refractivity contribution in [2.24, 2.45) is 5.92 Å². The van der Waals surface area contributed by atoms with Gasteiger partial charge < -0.3 is 9.64 Å². The second-order valence-corrected chi connectivity index (χ2v) is 5.07. The fraction of sp³-hybridized carbons (Fsp3) is 0.467. The largest absolute Gasteiger partial charge is 0.484 e. The Kier molecular flexibility index (Phi) is 4.55. The molecule has 1 atom stereocenters. The average molecular weight is 261 g/mol. The van der Waals surface area contributed by atoms with E-state index in [0.29, 0.717) is 17.2 Å². The highest BCUT2D eigenvalue weighted by atomic mass is 16.5. The van der Waals surface area contributed by atoms with E-state index in [-0.39, 0.29) is 12.5 Å². The van der Waals surface area contributed by atoms with Gasteiger partial charge in [0.15, 0.2) is 6.61 Å². The second kappa shape index (κ2) is 6.36. The molecule has 1 unspecified atom stereocenters. The first-order valence-electron chi connectivity index (χ1n) is 6.65. The van der Waals surface area contributed by atoms with Gasteiger partial charge >= 0.3 is 0 Å². The number of nitrogens with zero attached hydrogens (tertiary/aromatic N) is 1. The van der Waals surface area contributed by atoms with Crippen molar-refractivity contribution >= 4 is 12.2 Å². The molecule has 1 aliphatic rings. The Bertz CT molecular complexity index is 458. The van der Waals surface area contributed by atoms with E-state index in [1.807, 2.05) is 4.90 Å². The third-order valence-corrected chi connectivity index (χ3v) is 3.37. The summed E-state index contributed by atoms with van der Waals surface area (Å²) in [6.45, 7) is 3.83. The molecule has 102 valence electrons. The Labute approximate surface area is 113 Å². The normalized spacial score (nSPS) is 19.0. The number of amides is 1. The van der Waals surface area contributed by atoms with Gasteiger partial charge in [-0.1, -0.05) is 19.1 Å². The van der Waals surface area contributed by atoms with Crippen LogP contribution in [0.25, 0.3) is 0 Å². The van der Waals surface area contributed by atoms with Crippen molar-refractivity contribution in [1.82, 2.24) is 4.90 Å². The van der Waals surface area contributed by atoms with E-state index < -0.39 is 0 Å². The van der Waals surface area contributed by atoms with Crippen molar-refractivity contribution in [3.8, 4) is 5.75 Å². The third-order valence-electron chi connectivity index (χ3n) is 3.37. The Balaban J connectivity index is 1.87. The summed E-state index contributed by atoms with van der Waals surface area (Å²) in [5.74, 6) is 1.14. The smallest absolute Gasteiger partial charge is 0.260 e. The van der Waals surface area contributed by atoms with E-state index in [1.54, 1.807) is 24.3 Å². The van der Waals surface area contributed by atoms with Gasteiger partial charge in [0.25, 0.3) is 5.91 Å². The summed E-state index contributed by atoms with van der Waals surface area (Å²) < 4.78 is 5.45. The van der Waals surface area contributed by atoms with Crippen molar-refractivity contribution in [3.63, 3.8) is 0 Å². The van der Waals surface area contributed by atoms with Gasteiger partial charge in [0.05, 0.1) is 0 Å². The number of carbonyl (C=O) groups excluding carboxylic acids is 2. The Morgan fingerprint density at radius 3 is 3.11 bits per heavy atom. The van der Waals surface area contributed by atoms with Crippen LogP contribution in [-0.2, 0) is 4.79 Å². The minimum absolute atomic E-state index is 0.0167. The van der Waals surface area contributed by atoms with Gasteiger partial charge in [-0.05, 0) is 30.9 Å². The van der Waals surface area contributed by atoms with Crippen molar-refractivity contribution < 1.29 is 14.3 Å². The molecule has 0 saturated carbocycles. The standard InChI is InChI=1S/C15H19NO3/c1-12-4-3-7-16(9-12)15(18)11-19-14-6-2-5-13(8-14)10-17/h2,5-6,8,10,12H,3-4,7,9,11H2,1H3. The predicted octanol–water partition coefficient (Wildman–Crippen LogP) is 2.14. The van der Waals surface area contributed by atoms with Crippen molar-refractivity contribution in [3.05, 3.63) is 29.8 Å². The fourth-order valence-electron chi connectivity index (χ4n) is 2.33. The molecule has 0 aromatic heterocycles. The molecule has 4 heteroatoms. The fourth-order valence-corrected chi connectivity index (χ4v) is 2.33. The molecule has 1 fully saturated rings. The molecule has 1 saturated heterocycles. The first kappa shape index (κ1) is 13.6. The van der Waals surface area contributed by atoms with Crippen LogP contribution in [0.15, 0.2) is 24.3 Å². The van der Waals surface area contributed by atoms with E-state index in [4.69, 9.17) is 4.74 Å². The quantitative estimate of drug-likeness (QED) is 0.780. The number of ether oxygens (including phenoxy) is 1. The summed E-state index contributed by atoms with van der Waals surface area (Å²) in [6.07, 6.45) is 3.01. The summed E-state index contributed by atoms with van der Waals surface area (Å²) in [7, 11) is 0. The topological polar surface area (TPSA) is 46.6 Å². The minimum atomic E-state index is 0.0167. The van der Waals surface area contributed by atoms with Crippen LogP contribution in [0.1, 0.15) is 30.1 Å². The van der Waals surface area contributed by atoms with Crippen LogP contribution < -0.4 is 4.74 Å². The van der Waals surface area contributed by atoms with Crippen LogP contribution in [0.5, 0.6) is 5.75 Å². The maximum absolute atomic E-state index is 12.0. The van der Waals surface area contributed by atoms with Crippen molar-refractivity contribution in [1.29, 1.82) is 0 Å². The van der Waals surface area contributed by atoms with Gasteiger partial charge in [0.2, 0.25) is 0 Å². The van der Waals surface area contributed by atoms with Crippen molar-refractivity contribution in [2.45, 2.75) is 19.8 Å². The number of likely N-dealkylation sites (tertiary alicyclic amines) is 1. The third kappa shape index (κ3) is 3.81. The number of carbonyl (C=O) groups is 2. The first-order chi connectivity index (χ1) is 9.19. The van der Waals surface area contributed by atoms with E-state index in [0.717, 1.165) is 25.8 Å². The SMILES string of the molecule is CC1CCCN(C(=O)COc2cccc(C=O)c2)C1. The highest BCUT2D eigenvalue weighted by molar-refractivity contribution is 5.78. The van der Waals surface area contributed by atoms with E-state index >= 15 is 0 Å². The van der Waals surface area contributed by atoms with Gasteiger partial charge in [0, 0.05) is 18.7 Å². The molecular weight excluding hydrogens is 242 g/mol. The van der Waals surface area contributed by atoms with Gasteiger partial charge in [-0.25, -0.2) is 0 Å². The zero-order chi connectivity index (χ0) is 13.7. The summed E-state index contributed by atoms with van der Waals surface area (Å²) in [5.41, 5.74) is 0.552. The molecule has 1 amide bonds. The van der Waals surface area contributed by atoms with Crippen molar-refractivity contribution in [2.75, 3.05) is 19.7 Å². The summed E-state index contributed by atoms with van der Waals surface area (Å²) in [6, 6.07) is 6.83. The molecule has 2 rings (SSSR count). The van der Waals surface area contributed by atoms with Gasteiger partial charge in [-0.15, -0.1) is 0 Å². The lowest BCUT2D eigenvalue weighted by Crippen LogP contribution is -2.41. The van der Waals surface area contributed by atoms with Crippen LogP contribution in [0.3, 0.4) is 0 Å². The summed E-state index contributed by atoms with van der Waals surface area (Å²) in [5, 5.41) is 0. The molecule has 1 aromatic carbocycles. The first-order valence-corrected chi connectivity index (χ1v) is 6.65. The maximum atomic E-state index is 12.0. The molecule has 0 bridgehead atoms. The number of rotatable bonds is 4. The molecule has 0 spiro atoms. The zero-order valence-corrected chi connectivity index (χ0v) is 11.2. The van der Waals surface area contributed by atoms with E-state index in [1.165, 1.54) is 6.42 Å². The molecule has 1 aliphatic heterocycles. The molecular formula is C15H19NO3. The number of aldehydes is 1. The lowest BCUT2D eigenvalue weighted by molar-refractivity contribution is -0.135. The second-order valence-electron chi connectivity index (χ2n) is 5.07. The van der Waals surface area contributed by atoms with Crippen LogP contribution in [0.2, 0.25) is 0 Å². The van der Waals surface area contributed by atoms with Gasteiger partial charge in [-0.3, -0.25) is 9.59 Å². The minimum Gasteiger partial charge on any atom is -0.484 e. The Hall–Kier alpha value is -1.84. The molecule has 1 heterocycles. The number of piperidine rings is 1. The summed E-state index contributed by atoms with van der Waals surface area (Å²) >= 11 is 0. The van der Waals surface area contributed by atoms with E-state index in [2.05, 4.69) is 6.92 Å². The number of hydrogen-bond donors (Lipinski definition) is 0. The van der Waals surface area contributed by atoms with E-state index in [9.17, 15) is 9.59 Å². The average Bonchev–Trinajstić information content (AvgIpc) is 2.45. The molecule has 0 N–H and O–H groups in total. The molecule has 19 heavy (non-hydrogen) atoms.